The van der Waals surface area contributed by atoms with Gasteiger partial charge in [0.25, 0.3) is 5.91 Å². The van der Waals surface area contributed by atoms with E-state index < -0.39 is 30.4 Å². The highest BCUT2D eigenvalue weighted by Crippen LogP contribution is 2.10. The molecule has 25 heavy (non-hydrogen) atoms. The molecule has 0 unspecified atom stereocenters. The maximum atomic E-state index is 12.2. The van der Waals surface area contributed by atoms with Crippen LogP contribution in [0, 0.1) is 0 Å². The van der Waals surface area contributed by atoms with E-state index in [1.54, 1.807) is 12.1 Å². The van der Waals surface area contributed by atoms with Gasteiger partial charge in [-0.25, -0.2) is 0 Å². The zero-order valence-corrected chi connectivity index (χ0v) is 14.8. The third-order valence-electron chi connectivity index (χ3n) is 4.49. The van der Waals surface area contributed by atoms with Crippen LogP contribution in [-0.2, 0) is 11.3 Å². The van der Waals surface area contributed by atoms with Crippen LogP contribution in [0.25, 0.3) is 0 Å². The number of aliphatic hydroxyl groups excluding tert-OH is 2. The minimum atomic E-state index is -1.11. The van der Waals surface area contributed by atoms with Crippen molar-refractivity contribution in [1.29, 1.82) is 0 Å². The van der Waals surface area contributed by atoms with Crippen LogP contribution in [0.1, 0.15) is 22.8 Å². The van der Waals surface area contributed by atoms with E-state index in [9.17, 15) is 14.7 Å². The second-order valence-electron chi connectivity index (χ2n) is 6.59. The Balaban J connectivity index is 1.94. The number of piperazine rings is 1. The summed E-state index contributed by atoms with van der Waals surface area (Å²) in [6.45, 7) is 5.68. The first-order valence-electron chi connectivity index (χ1n) is 8.53. The second kappa shape index (κ2) is 9.05. The molecular weight excluding hydrogens is 322 g/mol. The van der Waals surface area contributed by atoms with Crippen molar-refractivity contribution in [2.24, 2.45) is 0 Å². The number of carbonyl (C=O) groups is 2. The van der Waals surface area contributed by atoms with E-state index in [0.717, 1.165) is 38.3 Å². The molecule has 1 amide bonds. The van der Waals surface area contributed by atoms with E-state index in [1.165, 1.54) is 6.92 Å². The highest BCUT2D eigenvalue weighted by molar-refractivity contribution is 5.98. The quantitative estimate of drug-likeness (QED) is 0.613. The number of aliphatic hydroxyl groups is 2. The first-order chi connectivity index (χ1) is 11.9. The standard InChI is InChI=1S/C18H27N3O4/c1-13(23)17(16(24)12-22)19-18(25)15-5-3-14(4-6-15)11-21-9-7-20(2)8-10-21/h3-6,13,17,22-23H,7-12H2,1-2H3,(H,19,25)/t13-,17+/m1/s1. The summed E-state index contributed by atoms with van der Waals surface area (Å²) in [5, 5.41) is 21.0. The van der Waals surface area contributed by atoms with Gasteiger partial charge in [-0.2, -0.15) is 0 Å². The van der Waals surface area contributed by atoms with Crippen molar-refractivity contribution in [3.8, 4) is 0 Å². The van der Waals surface area contributed by atoms with Gasteiger partial charge in [-0.05, 0) is 31.7 Å². The Morgan fingerprint density at radius 2 is 1.76 bits per heavy atom. The molecule has 1 fully saturated rings. The number of hydrogen-bond donors (Lipinski definition) is 3. The molecule has 0 saturated carbocycles. The first-order valence-corrected chi connectivity index (χ1v) is 8.53. The maximum Gasteiger partial charge on any atom is 0.251 e. The van der Waals surface area contributed by atoms with Crippen molar-refractivity contribution < 1.29 is 19.8 Å². The first kappa shape index (κ1) is 19.5. The van der Waals surface area contributed by atoms with Gasteiger partial charge in [0.2, 0.25) is 0 Å². The molecule has 1 aliphatic rings. The van der Waals surface area contributed by atoms with Crippen LogP contribution >= 0.6 is 0 Å². The van der Waals surface area contributed by atoms with Crippen LogP contribution in [0.3, 0.4) is 0 Å². The Kier molecular flexibility index (Phi) is 7.07. The van der Waals surface area contributed by atoms with E-state index in [0.29, 0.717) is 5.56 Å². The normalized spacial score (nSPS) is 18.6. The van der Waals surface area contributed by atoms with Gasteiger partial charge in [0, 0.05) is 38.3 Å². The molecule has 138 valence electrons. The Morgan fingerprint density at radius 1 is 1.16 bits per heavy atom. The predicted octanol–water partition coefficient (Wildman–Crippen LogP) is -0.525. The molecule has 3 N–H and O–H groups in total. The van der Waals surface area contributed by atoms with Gasteiger partial charge in [-0.15, -0.1) is 0 Å². The van der Waals surface area contributed by atoms with Crippen molar-refractivity contribution in [2.45, 2.75) is 25.6 Å². The smallest absolute Gasteiger partial charge is 0.251 e. The van der Waals surface area contributed by atoms with Crippen LogP contribution in [-0.4, -0.2) is 83.7 Å². The Morgan fingerprint density at radius 3 is 2.28 bits per heavy atom. The molecular formula is C18H27N3O4. The lowest BCUT2D eigenvalue weighted by Gasteiger charge is -2.32. The zero-order chi connectivity index (χ0) is 18.4. The SMILES string of the molecule is C[C@@H](O)[C@H](NC(=O)c1ccc(CN2CCN(C)CC2)cc1)C(=O)CO. The Bertz CT molecular complexity index is 580. The molecule has 2 atom stereocenters. The summed E-state index contributed by atoms with van der Waals surface area (Å²) < 4.78 is 0. The summed E-state index contributed by atoms with van der Waals surface area (Å²) in [6.07, 6.45) is -1.07. The van der Waals surface area contributed by atoms with E-state index in [1.807, 2.05) is 12.1 Å². The summed E-state index contributed by atoms with van der Waals surface area (Å²) in [5.74, 6) is -1.06. The molecule has 7 heteroatoms. The molecule has 7 nitrogen and oxygen atoms in total. The van der Waals surface area contributed by atoms with E-state index in [2.05, 4.69) is 22.2 Å². The van der Waals surface area contributed by atoms with Crippen molar-refractivity contribution in [3.05, 3.63) is 35.4 Å². The van der Waals surface area contributed by atoms with Crippen molar-refractivity contribution in [1.82, 2.24) is 15.1 Å². The van der Waals surface area contributed by atoms with E-state index in [4.69, 9.17) is 5.11 Å². The summed E-state index contributed by atoms with van der Waals surface area (Å²) in [5.41, 5.74) is 1.54. The lowest BCUT2D eigenvalue weighted by molar-refractivity contribution is -0.125. The van der Waals surface area contributed by atoms with Gasteiger partial charge in [0.05, 0.1) is 6.10 Å². The average Bonchev–Trinajstić information content (AvgIpc) is 2.61. The minimum absolute atomic E-state index is 0.415. The van der Waals surface area contributed by atoms with Crippen molar-refractivity contribution >= 4 is 11.7 Å². The van der Waals surface area contributed by atoms with Crippen LogP contribution in [0.2, 0.25) is 0 Å². The van der Waals surface area contributed by atoms with E-state index in [-0.39, 0.29) is 0 Å². The fourth-order valence-electron chi connectivity index (χ4n) is 2.82. The largest absolute Gasteiger partial charge is 0.391 e. The number of nitrogens with one attached hydrogen (secondary N) is 1. The topological polar surface area (TPSA) is 93.1 Å². The fraction of sp³-hybridized carbons (Fsp3) is 0.556. The maximum absolute atomic E-state index is 12.2. The van der Waals surface area contributed by atoms with Gasteiger partial charge >= 0.3 is 0 Å². The van der Waals surface area contributed by atoms with Crippen LogP contribution < -0.4 is 5.32 Å². The molecule has 0 radical (unpaired) electrons. The number of amides is 1. The lowest BCUT2D eigenvalue weighted by Crippen LogP contribution is -2.48. The third-order valence-corrected chi connectivity index (χ3v) is 4.49. The number of carbonyl (C=O) groups excluding carboxylic acids is 2. The summed E-state index contributed by atoms with van der Waals surface area (Å²) in [4.78, 5) is 28.5. The minimum Gasteiger partial charge on any atom is -0.391 e. The van der Waals surface area contributed by atoms with Gasteiger partial charge in [0.1, 0.15) is 12.6 Å². The number of nitrogens with zero attached hydrogens (tertiary/aromatic N) is 2. The molecule has 0 aliphatic carbocycles. The van der Waals surface area contributed by atoms with Gasteiger partial charge < -0.3 is 20.4 Å². The number of likely N-dealkylation sites (N-methyl/N-ethyl adjacent to an activating group) is 1. The third kappa shape index (κ3) is 5.61. The van der Waals surface area contributed by atoms with Crippen molar-refractivity contribution in [2.75, 3.05) is 39.8 Å². The number of rotatable bonds is 7. The summed E-state index contributed by atoms with van der Waals surface area (Å²) in [6, 6.07) is 6.12. The highest BCUT2D eigenvalue weighted by atomic mass is 16.3. The number of Topliss-reactive ketones (excluding diaryl/α,β-unsaturated/α-hetero) is 1. The van der Waals surface area contributed by atoms with Crippen LogP contribution in [0.5, 0.6) is 0 Å². The number of benzene rings is 1. The van der Waals surface area contributed by atoms with Gasteiger partial charge in [-0.3, -0.25) is 14.5 Å². The molecule has 1 aliphatic heterocycles. The number of ketones is 1. The lowest BCUT2D eigenvalue weighted by atomic mass is 10.1. The molecule has 0 spiro atoms. The molecule has 1 saturated heterocycles. The van der Waals surface area contributed by atoms with Gasteiger partial charge in [-0.1, -0.05) is 12.1 Å². The number of hydrogen-bond acceptors (Lipinski definition) is 6. The second-order valence-corrected chi connectivity index (χ2v) is 6.59. The molecule has 1 aromatic carbocycles. The van der Waals surface area contributed by atoms with Crippen LogP contribution in [0.15, 0.2) is 24.3 Å². The van der Waals surface area contributed by atoms with Crippen molar-refractivity contribution in [3.63, 3.8) is 0 Å². The monoisotopic (exact) mass is 349 g/mol. The van der Waals surface area contributed by atoms with E-state index >= 15 is 0 Å². The predicted molar refractivity (Wildman–Crippen MR) is 94.2 cm³/mol. The molecule has 2 rings (SSSR count). The Hall–Kier alpha value is -1.80. The average molecular weight is 349 g/mol. The summed E-state index contributed by atoms with van der Waals surface area (Å²) >= 11 is 0. The fourth-order valence-corrected chi connectivity index (χ4v) is 2.82. The molecule has 0 aromatic heterocycles. The van der Waals surface area contributed by atoms with Gasteiger partial charge in [0.15, 0.2) is 5.78 Å². The molecule has 1 aromatic rings. The molecule has 0 bridgehead atoms. The molecule has 1 heterocycles. The zero-order valence-electron chi connectivity index (χ0n) is 14.8. The highest BCUT2D eigenvalue weighted by Gasteiger charge is 2.25. The van der Waals surface area contributed by atoms with Crippen LogP contribution in [0.4, 0.5) is 0 Å². The Labute approximate surface area is 148 Å². The summed E-state index contributed by atoms with van der Waals surface area (Å²) in [7, 11) is 2.12.